The zero-order valence-corrected chi connectivity index (χ0v) is 9.47. The van der Waals surface area contributed by atoms with Crippen LogP contribution >= 0.6 is 11.3 Å². The molecule has 0 amide bonds. The van der Waals surface area contributed by atoms with Crippen molar-refractivity contribution in [3.8, 4) is 0 Å². The quantitative estimate of drug-likeness (QED) is 0.801. The van der Waals surface area contributed by atoms with Crippen molar-refractivity contribution in [2.45, 2.75) is 18.8 Å². The van der Waals surface area contributed by atoms with E-state index in [4.69, 9.17) is 0 Å². The highest BCUT2D eigenvalue weighted by Crippen LogP contribution is 2.41. The van der Waals surface area contributed by atoms with Gasteiger partial charge in [0.2, 0.25) is 5.13 Å². The van der Waals surface area contributed by atoms with Crippen molar-refractivity contribution in [1.29, 1.82) is 0 Å². The lowest BCUT2D eigenvalue weighted by molar-refractivity contribution is 0.425. The van der Waals surface area contributed by atoms with E-state index in [1.54, 1.807) is 11.3 Å². The number of rotatable bonds is 5. The van der Waals surface area contributed by atoms with Crippen LogP contribution in [-0.4, -0.2) is 42.3 Å². The second kappa shape index (κ2) is 4.23. The zero-order valence-electron chi connectivity index (χ0n) is 8.66. The van der Waals surface area contributed by atoms with Gasteiger partial charge in [-0.25, -0.2) is 0 Å². The molecule has 1 aliphatic rings. The van der Waals surface area contributed by atoms with Gasteiger partial charge in [0.15, 0.2) is 0 Å². The number of nitrogens with zero attached hydrogens (tertiary/aromatic N) is 3. The number of likely N-dealkylation sites (N-methyl/N-ethyl adjacent to an activating group) is 1. The predicted octanol–water partition coefficient (Wildman–Crippen LogP) is 1.39. The highest BCUT2D eigenvalue weighted by atomic mass is 32.1. The molecule has 0 aromatic carbocycles. The van der Waals surface area contributed by atoms with Gasteiger partial charge in [-0.2, -0.15) is 0 Å². The topological polar surface area (TPSA) is 41.0 Å². The minimum atomic E-state index is 0.719. The number of aromatic nitrogens is 2. The van der Waals surface area contributed by atoms with Gasteiger partial charge in [-0.3, -0.25) is 0 Å². The Morgan fingerprint density at radius 1 is 1.43 bits per heavy atom. The fourth-order valence-corrected chi connectivity index (χ4v) is 2.13. The lowest BCUT2D eigenvalue weighted by Crippen LogP contribution is -2.20. The van der Waals surface area contributed by atoms with E-state index in [0.29, 0.717) is 0 Å². The van der Waals surface area contributed by atoms with E-state index < -0.39 is 0 Å². The molecule has 78 valence electrons. The summed E-state index contributed by atoms with van der Waals surface area (Å²) < 4.78 is 0. The second-order valence-corrected chi connectivity index (χ2v) is 4.96. The van der Waals surface area contributed by atoms with Gasteiger partial charge in [-0.15, -0.1) is 10.2 Å². The lowest BCUT2D eigenvalue weighted by atomic mass is 10.5. The van der Waals surface area contributed by atoms with Crippen LogP contribution < -0.4 is 5.32 Å². The van der Waals surface area contributed by atoms with Gasteiger partial charge >= 0.3 is 0 Å². The highest BCUT2D eigenvalue weighted by molar-refractivity contribution is 7.15. The molecule has 2 rings (SSSR count). The van der Waals surface area contributed by atoms with Crippen LogP contribution in [0.1, 0.15) is 23.8 Å². The van der Waals surface area contributed by atoms with Gasteiger partial charge in [0.25, 0.3) is 0 Å². The fraction of sp³-hybridized carbons (Fsp3) is 0.778. The summed E-state index contributed by atoms with van der Waals surface area (Å²) >= 11 is 1.70. The maximum Gasteiger partial charge on any atom is 0.205 e. The largest absolute Gasteiger partial charge is 0.359 e. The van der Waals surface area contributed by atoms with E-state index in [-0.39, 0.29) is 0 Å². The van der Waals surface area contributed by atoms with Gasteiger partial charge in [0.05, 0.1) is 0 Å². The van der Waals surface area contributed by atoms with Gasteiger partial charge in [0.1, 0.15) is 5.01 Å². The summed E-state index contributed by atoms with van der Waals surface area (Å²) in [6.07, 6.45) is 2.60. The Balaban J connectivity index is 1.78. The Morgan fingerprint density at radius 3 is 2.86 bits per heavy atom. The number of anilines is 1. The molecule has 5 heteroatoms. The van der Waals surface area contributed by atoms with E-state index in [0.717, 1.165) is 24.1 Å². The van der Waals surface area contributed by atoms with Gasteiger partial charge < -0.3 is 10.2 Å². The van der Waals surface area contributed by atoms with Crippen molar-refractivity contribution < 1.29 is 0 Å². The first-order valence-corrected chi connectivity index (χ1v) is 5.79. The Kier molecular flexibility index (Phi) is 2.98. The molecule has 1 heterocycles. The Morgan fingerprint density at radius 2 is 2.21 bits per heavy atom. The average molecular weight is 212 g/mol. The van der Waals surface area contributed by atoms with Gasteiger partial charge in [-0.1, -0.05) is 11.3 Å². The molecule has 0 bridgehead atoms. The summed E-state index contributed by atoms with van der Waals surface area (Å²) in [6.45, 7) is 1.96. The molecular formula is C9H16N4S. The molecule has 0 radical (unpaired) electrons. The van der Waals surface area contributed by atoms with E-state index >= 15 is 0 Å². The molecule has 4 nitrogen and oxygen atoms in total. The highest BCUT2D eigenvalue weighted by Gasteiger charge is 2.27. The third-order valence-corrected chi connectivity index (χ3v) is 3.25. The average Bonchev–Trinajstić information content (AvgIpc) is 2.87. The molecule has 0 spiro atoms. The van der Waals surface area contributed by atoms with E-state index in [1.165, 1.54) is 17.8 Å². The van der Waals surface area contributed by atoms with Crippen LogP contribution in [0.25, 0.3) is 0 Å². The maximum atomic E-state index is 4.17. The molecule has 0 unspecified atom stereocenters. The smallest absolute Gasteiger partial charge is 0.205 e. The van der Waals surface area contributed by atoms with Crippen LogP contribution in [-0.2, 0) is 0 Å². The molecule has 0 saturated heterocycles. The van der Waals surface area contributed by atoms with Gasteiger partial charge in [0, 0.05) is 19.0 Å². The SMILES string of the molecule is CN(C)CCNc1nnc(C2CC2)s1. The molecule has 1 saturated carbocycles. The van der Waals surface area contributed by atoms with Crippen molar-refractivity contribution in [1.82, 2.24) is 15.1 Å². The van der Waals surface area contributed by atoms with Crippen molar-refractivity contribution in [3.63, 3.8) is 0 Å². The maximum absolute atomic E-state index is 4.17. The second-order valence-electron chi connectivity index (χ2n) is 3.95. The number of nitrogens with one attached hydrogen (secondary N) is 1. The van der Waals surface area contributed by atoms with E-state index in [1.807, 2.05) is 0 Å². The lowest BCUT2D eigenvalue weighted by Gasteiger charge is -2.08. The van der Waals surface area contributed by atoms with Gasteiger partial charge in [-0.05, 0) is 26.9 Å². The molecule has 1 aliphatic carbocycles. The monoisotopic (exact) mass is 212 g/mol. The minimum Gasteiger partial charge on any atom is -0.359 e. The minimum absolute atomic E-state index is 0.719. The summed E-state index contributed by atoms with van der Waals surface area (Å²) in [7, 11) is 4.13. The molecule has 1 N–H and O–H groups in total. The first-order valence-electron chi connectivity index (χ1n) is 4.97. The number of hydrogen-bond acceptors (Lipinski definition) is 5. The van der Waals surface area contributed by atoms with E-state index in [2.05, 4.69) is 34.5 Å². The summed E-state index contributed by atoms with van der Waals surface area (Å²) in [5.74, 6) is 0.719. The van der Waals surface area contributed by atoms with Crippen LogP contribution in [0, 0.1) is 0 Å². The first kappa shape index (κ1) is 9.86. The molecule has 0 atom stereocenters. The summed E-state index contributed by atoms with van der Waals surface area (Å²) in [5, 5.41) is 13.7. The molecular weight excluding hydrogens is 196 g/mol. The summed E-state index contributed by atoms with van der Waals surface area (Å²) in [5.41, 5.74) is 0. The Bertz CT molecular complexity index is 293. The summed E-state index contributed by atoms with van der Waals surface area (Å²) in [6, 6.07) is 0. The zero-order chi connectivity index (χ0) is 9.97. The summed E-state index contributed by atoms with van der Waals surface area (Å²) in [4.78, 5) is 2.15. The van der Waals surface area contributed by atoms with Crippen LogP contribution in [0.5, 0.6) is 0 Å². The molecule has 1 aromatic rings. The van der Waals surface area contributed by atoms with Crippen molar-refractivity contribution in [2.24, 2.45) is 0 Å². The standard InChI is InChI=1S/C9H16N4S/c1-13(2)6-5-10-9-12-11-8(14-9)7-3-4-7/h7H,3-6H2,1-2H3,(H,10,12). The van der Waals surface area contributed by atoms with Crippen LogP contribution in [0.4, 0.5) is 5.13 Å². The van der Waals surface area contributed by atoms with Crippen LogP contribution in [0.2, 0.25) is 0 Å². The van der Waals surface area contributed by atoms with Crippen molar-refractivity contribution >= 4 is 16.5 Å². The van der Waals surface area contributed by atoms with E-state index in [9.17, 15) is 0 Å². The molecule has 1 aromatic heterocycles. The van der Waals surface area contributed by atoms with Crippen LogP contribution in [0.3, 0.4) is 0 Å². The number of hydrogen-bond donors (Lipinski definition) is 1. The Hall–Kier alpha value is -0.680. The first-order chi connectivity index (χ1) is 6.75. The third kappa shape index (κ3) is 2.65. The third-order valence-electron chi connectivity index (χ3n) is 2.20. The molecule has 1 fully saturated rings. The molecule has 14 heavy (non-hydrogen) atoms. The Labute approximate surface area is 88.3 Å². The fourth-order valence-electron chi connectivity index (χ4n) is 1.19. The van der Waals surface area contributed by atoms with Crippen LogP contribution in [0.15, 0.2) is 0 Å². The predicted molar refractivity (Wildman–Crippen MR) is 58.9 cm³/mol. The normalized spacial score (nSPS) is 16.2. The van der Waals surface area contributed by atoms with Crippen molar-refractivity contribution in [2.75, 3.05) is 32.5 Å². The molecule has 0 aliphatic heterocycles. The van der Waals surface area contributed by atoms with Crippen molar-refractivity contribution in [3.05, 3.63) is 5.01 Å².